The van der Waals surface area contributed by atoms with Gasteiger partial charge in [-0.15, -0.1) is 36.2 Å². The van der Waals surface area contributed by atoms with Crippen LogP contribution in [-0.2, 0) is 7.05 Å². The molecule has 0 aliphatic rings. The van der Waals surface area contributed by atoms with E-state index < -0.39 is 0 Å². The second-order valence-corrected chi connectivity index (χ2v) is 6.95. The standard InChI is InChI=1S/C17H25N5O2S.2ClH/c1-6-7-18-8-9-19-15(23)14-12(4)20-16(25-14)13-10(2)11(3)21-22(5)17(13)24;;/h18H,6-9H2,1-5H3,(H,19,23);2*1H. The Kier molecular flexibility index (Phi) is 10.8. The molecule has 2 rings (SSSR count). The number of amides is 1. The lowest BCUT2D eigenvalue weighted by atomic mass is 10.1. The molecule has 2 aromatic heterocycles. The van der Waals surface area contributed by atoms with E-state index in [1.54, 1.807) is 14.0 Å². The fourth-order valence-corrected chi connectivity index (χ4v) is 3.54. The third kappa shape index (κ3) is 6.00. The fraction of sp³-hybridized carbons (Fsp3) is 0.529. The molecule has 1 amide bonds. The van der Waals surface area contributed by atoms with Crippen molar-refractivity contribution in [2.24, 2.45) is 7.05 Å². The molecule has 0 bridgehead atoms. The van der Waals surface area contributed by atoms with Crippen molar-refractivity contribution in [2.45, 2.75) is 34.1 Å². The van der Waals surface area contributed by atoms with Crippen LogP contribution < -0.4 is 16.2 Å². The molecule has 0 fully saturated rings. The van der Waals surface area contributed by atoms with Crippen LogP contribution in [0.15, 0.2) is 4.79 Å². The molecule has 0 saturated carbocycles. The summed E-state index contributed by atoms with van der Waals surface area (Å²) < 4.78 is 1.31. The number of halogens is 2. The summed E-state index contributed by atoms with van der Waals surface area (Å²) in [6, 6.07) is 0. The molecule has 2 heterocycles. The maximum absolute atomic E-state index is 12.5. The lowest BCUT2D eigenvalue weighted by molar-refractivity contribution is 0.0957. The molecule has 10 heteroatoms. The van der Waals surface area contributed by atoms with Gasteiger partial charge in [0.25, 0.3) is 11.5 Å². The number of hydrogen-bond acceptors (Lipinski definition) is 6. The fourth-order valence-electron chi connectivity index (χ4n) is 2.46. The van der Waals surface area contributed by atoms with E-state index in [0.29, 0.717) is 27.7 Å². The zero-order chi connectivity index (χ0) is 18.6. The molecule has 152 valence electrons. The lowest BCUT2D eigenvalue weighted by Crippen LogP contribution is -2.32. The minimum Gasteiger partial charge on any atom is -0.350 e. The van der Waals surface area contributed by atoms with Crippen LogP contribution in [0.2, 0.25) is 0 Å². The van der Waals surface area contributed by atoms with Crippen molar-refractivity contribution in [3.05, 3.63) is 32.2 Å². The van der Waals surface area contributed by atoms with Crippen LogP contribution in [0.3, 0.4) is 0 Å². The smallest absolute Gasteiger partial charge is 0.277 e. The van der Waals surface area contributed by atoms with Gasteiger partial charge in [-0.05, 0) is 39.3 Å². The maximum atomic E-state index is 12.5. The first-order valence-corrected chi connectivity index (χ1v) is 9.19. The van der Waals surface area contributed by atoms with Crippen molar-refractivity contribution in [2.75, 3.05) is 19.6 Å². The molecule has 0 aromatic carbocycles. The number of rotatable bonds is 7. The first-order valence-electron chi connectivity index (χ1n) is 8.38. The molecular weight excluding hydrogens is 409 g/mol. The summed E-state index contributed by atoms with van der Waals surface area (Å²) in [4.78, 5) is 29.9. The van der Waals surface area contributed by atoms with Crippen molar-refractivity contribution in [3.8, 4) is 10.6 Å². The number of carbonyl (C=O) groups is 1. The summed E-state index contributed by atoms with van der Waals surface area (Å²) in [7, 11) is 1.62. The largest absolute Gasteiger partial charge is 0.350 e. The zero-order valence-electron chi connectivity index (χ0n) is 16.2. The van der Waals surface area contributed by atoms with Crippen LogP contribution in [0.5, 0.6) is 0 Å². The number of aromatic nitrogens is 3. The van der Waals surface area contributed by atoms with E-state index in [4.69, 9.17) is 0 Å². The number of nitrogens with zero attached hydrogens (tertiary/aromatic N) is 3. The van der Waals surface area contributed by atoms with E-state index in [2.05, 4.69) is 27.6 Å². The molecule has 0 unspecified atom stereocenters. The minimum atomic E-state index is -0.201. The highest BCUT2D eigenvalue weighted by Gasteiger charge is 2.20. The van der Waals surface area contributed by atoms with E-state index in [-0.39, 0.29) is 36.3 Å². The summed E-state index contributed by atoms with van der Waals surface area (Å²) in [6.45, 7) is 9.82. The van der Waals surface area contributed by atoms with E-state index in [9.17, 15) is 9.59 Å². The van der Waals surface area contributed by atoms with E-state index in [1.807, 2.05) is 13.8 Å². The van der Waals surface area contributed by atoms with E-state index in [1.165, 1.54) is 16.0 Å². The highest BCUT2D eigenvalue weighted by atomic mass is 35.5. The molecule has 0 aliphatic heterocycles. The quantitative estimate of drug-likeness (QED) is 0.651. The predicted molar refractivity (Wildman–Crippen MR) is 115 cm³/mol. The molecule has 27 heavy (non-hydrogen) atoms. The predicted octanol–water partition coefficient (Wildman–Crippen LogP) is 2.40. The van der Waals surface area contributed by atoms with Gasteiger partial charge in [0.2, 0.25) is 0 Å². The van der Waals surface area contributed by atoms with Gasteiger partial charge in [-0.25, -0.2) is 9.67 Å². The van der Waals surface area contributed by atoms with Gasteiger partial charge >= 0.3 is 0 Å². The number of aryl methyl sites for hydroxylation is 3. The van der Waals surface area contributed by atoms with Crippen molar-refractivity contribution < 1.29 is 4.79 Å². The molecular formula is C17H27Cl2N5O2S. The van der Waals surface area contributed by atoms with E-state index in [0.717, 1.165) is 30.8 Å². The SMILES string of the molecule is CCCNCCNC(=O)c1sc(-c2c(C)c(C)nn(C)c2=O)nc1C.Cl.Cl. The zero-order valence-corrected chi connectivity index (χ0v) is 18.7. The van der Waals surface area contributed by atoms with Crippen molar-refractivity contribution >= 4 is 42.1 Å². The van der Waals surface area contributed by atoms with Crippen LogP contribution in [-0.4, -0.2) is 40.3 Å². The first kappa shape index (κ1) is 25.5. The summed E-state index contributed by atoms with van der Waals surface area (Å²) in [5.41, 5.74) is 2.53. The van der Waals surface area contributed by atoms with Crippen LogP contribution in [0, 0.1) is 20.8 Å². The van der Waals surface area contributed by atoms with Gasteiger partial charge in [0.05, 0.1) is 17.0 Å². The number of nitrogens with one attached hydrogen (secondary N) is 2. The van der Waals surface area contributed by atoms with Gasteiger partial charge in [-0.2, -0.15) is 5.10 Å². The first-order chi connectivity index (χ1) is 11.9. The van der Waals surface area contributed by atoms with Crippen LogP contribution in [0.25, 0.3) is 10.6 Å². The molecule has 2 aromatic rings. The van der Waals surface area contributed by atoms with Gasteiger partial charge in [-0.1, -0.05) is 6.92 Å². The second-order valence-electron chi connectivity index (χ2n) is 5.95. The van der Waals surface area contributed by atoms with Gasteiger partial charge < -0.3 is 10.6 Å². The Bertz CT molecular complexity index is 835. The highest BCUT2D eigenvalue weighted by Crippen LogP contribution is 2.28. The molecule has 0 radical (unpaired) electrons. The third-order valence-corrected chi connectivity index (χ3v) is 5.13. The third-order valence-electron chi connectivity index (χ3n) is 3.96. The molecule has 7 nitrogen and oxygen atoms in total. The minimum absolute atomic E-state index is 0. The molecule has 0 aliphatic carbocycles. The van der Waals surface area contributed by atoms with Gasteiger partial charge in [0.1, 0.15) is 9.88 Å². The maximum Gasteiger partial charge on any atom is 0.277 e. The van der Waals surface area contributed by atoms with Crippen LogP contribution in [0.1, 0.15) is 40.0 Å². The Morgan fingerprint density at radius 2 is 1.78 bits per heavy atom. The Morgan fingerprint density at radius 3 is 2.41 bits per heavy atom. The molecule has 0 spiro atoms. The topological polar surface area (TPSA) is 88.9 Å². The summed E-state index contributed by atoms with van der Waals surface area (Å²) in [6.07, 6.45) is 1.06. The number of thiazole rings is 1. The van der Waals surface area contributed by atoms with Crippen molar-refractivity contribution in [1.29, 1.82) is 0 Å². The molecule has 0 atom stereocenters. The monoisotopic (exact) mass is 435 g/mol. The van der Waals surface area contributed by atoms with Crippen LogP contribution in [0.4, 0.5) is 0 Å². The molecule has 2 N–H and O–H groups in total. The average molecular weight is 436 g/mol. The Labute approximate surface area is 175 Å². The van der Waals surface area contributed by atoms with Crippen LogP contribution >= 0.6 is 36.2 Å². The Morgan fingerprint density at radius 1 is 1.11 bits per heavy atom. The second kappa shape index (κ2) is 11.4. The number of hydrogen-bond donors (Lipinski definition) is 2. The average Bonchev–Trinajstić information content (AvgIpc) is 2.94. The van der Waals surface area contributed by atoms with Crippen molar-refractivity contribution in [1.82, 2.24) is 25.4 Å². The molecule has 0 saturated heterocycles. The summed E-state index contributed by atoms with van der Waals surface area (Å²) in [5.74, 6) is -0.153. The van der Waals surface area contributed by atoms with Gasteiger partial charge in [-0.3, -0.25) is 9.59 Å². The number of carbonyl (C=O) groups excluding carboxylic acids is 1. The Hall–Kier alpha value is -1.48. The normalized spacial score (nSPS) is 10.1. The summed E-state index contributed by atoms with van der Waals surface area (Å²) in [5, 5.41) is 10.9. The van der Waals surface area contributed by atoms with Gasteiger partial charge in [0.15, 0.2) is 0 Å². The Balaban J connectivity index is 0.00000338. The lowest BCUT2D eigenvalue weighted by Gasteiger charge is -2.07. The highest BCUT2D eigenvalue weighted by molar-refractivity contribution is 7.17. The van der Waals surface area contributed by atoms with Gasteiger partial charge in [0, 0.05) is 20.1 Å². The summed E-state index contributed by atoms with van der Waals surface area (Å²) >= 11 is 1.25. The van der Waals surface area contributed by atoms with E-state index >= 15 is 0 Å². The van der Waals surface area contributed by atoms with Crippen molar-refractivity contribution in [3.63, 3.8) is 0 Å².